The lowest BCUT2D eigenvalue weighted by Gasteiger charge is -2.27. The Bertz CT molecular complexity index is 1240. The van der Waals surface area contributed by atoms with Crippen molar-refractivity contribution in [3.8, 4) is 11.3 Å². The number of nitrogens with one attached hydrogen (secondary N) is 2. The van der Waals surface area contributed by atoms with Gasteiger partial charge in [-0.2, -0.15) is 0 Å². The first kappa shape index (κ1) is 30.4. The molecule has 7 heteroatoms. The van der Waals surface area contributed by atoms with Crippen LogP contribution in [0.15, 0.2) is 29.2 Å². The number of rotatable bonds is 8. The van der Waals surface area contributed by atoms with Crippen molar-refractivity contribution in [3.63, 3.8) is 0 Å². The maximum absolute atomic E-state index is 13.4. The van der Waals surface area contributed by atoms with E-state index in [1.54, 1.807) is 6.07 Å². The van der Waals surface area contributed by atoms with Gasteiger partial charge in [0.1, 0.15) is 0 Å². The molecular formula is C31H49N3O3S. The summed E-state index contributed by atoms with van der Waals surface area (Å²) in [7, 11) is -3.72. The van der Waals surface area contributed by atoms with E-state index in [1.807, 2.05) is 66.7 Å². The molecule has 1 heterocycles. The molecule has 1 aliphatic carbocycles. The van der Waals surface area contributed by atoms with Crippen LogP contribution in [-0.2, 0) is 22.0 Å². The molecule has 0 bridgehead atoms. The number of nitrogens with zero attached hydrogens (tertiary/aromatic N) is 1. The molecule has 1 fully saturated rings. The highest BCUT2D eigenvalue weighted by atomic mass is 32.2. The van der Waals surface area contributed by atoms with Crippen LogP contribution in [-0.4, -0.2) is 31.0 Å². The summed E-state index contributed by atoms with van der Waals surface area (Å²) in [4.78, 5) is 13.5. The van der Waals surface area contributed by atoms with Crippen LogP contribution in [0, 0.1) is 18.8 Å². The quantitative estimate of drug-likeness (QED) is 0.384. The van der Waals surface area contributed by atoms with Gasteiger partial charge >= 0.3 is 0 Å². The summed E-state index contributed by atoms with van der Waals surface area (Å²) in [5.41, 5.74) is 3.35. The number of hydrogen-bond donors (Lipinski definition) is 2. The lowest BCUT2D eigenvalue weighted by Crippen LogP contribution is -2.41. The maximum Gasteiger partial charge on any atom is 0.253 e. The molecule has 0 saturated heterocycles. The van der Waals surface area contributed by atoms with Crippen LogP contribution < -0.4 is 10.0 Å². The zero-order chi connectivity index (χ0) is 28.5. The smallest absolute Gasteiger partial charge is 0.253 e. The van der Waals surface area contributed by atoms with E-state index in [1.165, 1.54) is 32.1 Å². The fraction of sp³-hybridized carbons (Fsp3) is 0.645. The minimum Gasteiger partial charge on any atom is -0.352 e. The molecule has 2 aromatic rings. The summed E-state index contributed by atoms with van der Waals surface area (Å²) < 4.78 is 31.9. The van der Waals surface area contributed by atoms with E-state index in [4.69, 9.17) is 0 Å². The summed E-state index contributed by atoms with van der Waals surface area (Å²) in [5.74, 6) is 0.899. The van der Waals surface area contributed by atoms with Gasteiger partial charge in [-0.25, -0.2) is 13.1 Å². The number of amides is 1. The van der Waals surface area contributed by atoms with E-state index in [0.29, 0.717) is 28.8 Å². The Kier molecular flexibility index (Phi) is 9.25. The lowest BCUT2D eigenvalue weighted by molar-refractivity contribution is 0.0948. The normalized spacial score (nSPS) is 15.7. The Hall–Kier alpha value is -2.12. The van der Waals surface area contributed by atoms with Gasteiger partial charge in [-0.3, -0.25) is 4.79 Å². The van der Waals surface area contributed by atoms with E-state index < -0.39 is 21.0 Å². The molecule has 1 amide bonds. The van der Waals surface area contributed by atoms with Gasteiger partial charge < -0.3 is 9.88 Å². The number of carbonyl (C=O) groups excluding carboxylic acids is 1. The van der Waals surface area contributed by atoms with Gasteiger partial charge in [-0.05, 0) is 87.1 Å². The fourth-order valence-electron chi connectivity index (χ4n) is 5.34. The molecule has 0 spiro atoms. The second kappa shape index (κ2) is 11.5. The van der Waals surface area contributed by atoms with Crippen LogP contribution in [0.25, 0.3) is 11.3 Å². The van der Waals surface area contributed by atoms with E-state index in [2.05, 4.69) is 28.5 Å². The Morgan fingerprint density at radius 3 is 2.21 bits per heavy atom. The van der Waals surface area contributed by atoms with Gasteiger partial charge in [0.15, 0.2) is 0 Å². The van der Waals surface area contributed by atoms with Crippen molar-refractivity contribution in [3.05, 3.63) is 41.1 Å². The monoisotopic (exact) mass is 543 g/mol. The summed E-state index contributed by atoms with van der Waals surface area (Å²) >= 11 is 0. The Morgan fingerprint density at radius 2 is 1.66 bits per heavy atom. The van der Waals surface area contributed by atoms with Crippen LogP contribution in [0.3, 0.4) is 0 Å². The van der Waals surface area contributed by atoms with Crippen LogP contribution >= 0.6 is 0 Å². The van der Waals surface area contributed by atoms with Crippen molar-refractivity contribution < 1.29 is 13.2 Å². The van der Waals surface area contributed by atoms with Crippen LogP contribution in [0.2, 0.25) is 0 Å². The largest absolute Gasteiger partial charge is 0.352 e. The minimum atomic E-state index is -3.72. The Balaban J connectivity index is 2.15. The van der Waals surface area contributed by atoms with Crippen molar-refractivity contribution in [2.75, 3.05) is 6.54 Å². The van der Waals surface area contributed by atoms with E-state index in [-0.39, 0.29) is 5.91 Å². The molecule has 212 valence electrons. The fourth-order valence-corrected chi connectivity index (χ4v) is 7.16. The number of benzene rings is 1. The predicted molar refractivity (Wildman–Crippen MR) is 157 cm³/mol. The zero-order valence-electron chi connectivity index (χ0n) is 25.0. The van der Waals surface area contributed by atoms with Gasteiger partial charge in [0.25, 0.3) is 5.91 Å². The summed E-state index contributed by atoms with van der Waals surface area (Å²) in [6.45, 7) is 19.4. The van der Waals surface area contributed by atoms with Crippen molar-refractivity contribution >= 4 is 15.9 Å². The molecule has 0 unspecified atom stereocenters. The lowest BCUT2D eigenvalue weighted by atomic mass is 9.85. The Morgan fingerprint density at radius 1 is 1.03 bits per heavy atom. The minimum absolute atomic E-state index is 0.0514. The molecule has 2 N–H and O–H groups in total. The first-order valence-electron chi connectivity index (χ1n) is 14.2. The average molecular weight is 544 g/mol. The molecular weight excluding hydrogens is 494 g/mol. The highest BCUT2D eigenvalue weighted by Crippen LogP contribution is 2.36. The van der Waals surface area contributed by atoms with Gasteiger partial charge in [0, 0.05) is 30.0 Å². The third-order valence-corrected chi connectivity index (χ3v) is 9.08. The number of aromatic nitrogens is 1. The first-order chi connectivity index (χ1) is 17.5. The molecule has 0 aliphatic heterocycles. The van der Waals surface area contributed by atoms with E-state index in [9.17, 15) is 13.2 Å². The molecule has 0 atom stereocenters. The predicted octanol–water partition coefficient (Wildman–Crippen LogP) is 6.80. The topological polar surface area (TPSA) is 80.2 Å². The standard InChI is InChI=1S/C31H49N3O3S/c1-21(2)19-32-29(35)25-18-27(34(22(25)3)20-23-13-11-10-12-14-23)24-15-16-28(26(17-24)30(4,5)6)38(36,37)33-31(7,8)9/h15-18,21,23,33H,10-14,19-20H2,1-9H3,(H,32,35). The average Bonchev–Trinajstić information content (AvgIpc) is 3.11. The SMILES string of the molecule is Cc1c(C(=O)NCC(C)C)cc(-c2ccc(S(=O)(=O)NC(C)(C)C)c(C(C)(C)C)c2)n1CC1CCCCC1. The third kappa shape index (κ3) is 7.50. The van der Waals surface area contributed by atoms with Crippen LogP contribution in [0.1, 0.15) is 109 Å². The number of hydrogen-bond acceptors (Lipinski definition) is 3. The van der Waals surface area contributed by atoms with Gasteiger partial charge in [-0.1, -0.05) is 59.9 Å². The number of carbonyl (C=O) groups is 1. The van der Waals surface area contributed by atoms with Crippen LogP contribution in [0.4, 0.5) is 0 Å². The molecule has 0 radical (unpaired) electrons. The van der Waals surface area contributed by atoms with Crippen molar-refractivity contribution in [2.24, 2.45) is 11.8 Å². The van der Waals surface area contributed by atoms with E-state index in [0.717, 1.165) is 29.1 Å². The molecule has 1 aliphatic rings. The first-order valence-corrected chi connectivity index (χ1v) is 15.6. The number of sulfonamides is 1. The second-order valence-electron chi connectivity index (χ2n) is 13.6. The summed E-state index contributed by atoms with van der Waals surface area (Å²) in [6, 6.07) is 7.64. The van der Waals surface area contributed by atoms with E-state index >= 15 is 0 Å². The van der Waals surface area contributed by atoms with Crippen molar-refractivity contribution in [2.45, 2.75) is 117 Å². The van der Waals surface area contributed by atoms with Gasteiger partial charge in [0.05, 0.1) is 10.5 Å². The molecule has 3 rings (SSSR count). The molecule has 1 aromatic heterocycles. The molecule has 6 nitrogen and oxygen atoms in total. The second-order valence-corrected chi connectivity index (χ2v) is 15.2. The summed E-state index contributed by atoms with van der Waals surface area (Å²) in [5, 5.41) is 3.08. The molecule has 38 heavy (non-hydrogen) atoms. The highest BCUT2D eigenvalue weighted by molar-refractivity contribution is 7.89. The van der Waals surface area contributed by atoms with Crippen molar-refractivity contribution in [1.29, 1.82) is 0 Å². The van der Waals surface area contributed by atoms with Gasteiger partial charge in [-0.15, -0.1) is 0 Å². The van der Waals surface area contributed by atoms with Gasteiger partial charge in [0.2, 0.25) is 10.0 Å². The van der Waals surface area contributed by atoms with Crippen molar-refractivity contribution in [1.82, 2.24) is 14.6 Å². The highest BCUT2D eigenvalue weighted by Gasteiger charge is 2.30. The Labute approximate surface area is 231 Å². The molecule has 1 aromatic carbocycles. The maximum atomic E-state index is 13.4. The molecule has 1 saturated carbocycles. The summed E-state index contributed by atoms with van der Waals surface area (Å²) in [6.07, 6.45) is 6.21. The zero-order valence-corrected chi connectivity index (χ0v) is 25.8. The third-order valence-electron chi connectivity index (χ3n) is 7.26. The van der Waals surface area contributed by atoms with Crippen LogP contribution in [0.5, 0.6) is 0 Å².